The van der Waals surface area contributed by atoms with E-state index in [1.807, 2.05) is 55.6 Å². The first-order valence-corrected chi connectivity index (χ1v) is 11.8. The molecule has 6 heteroatoms. The Morgan fingerprint density at radius 1 is 1.09 bits per heavy atom. The fourth-order valence-electron chi connectivity index (χ4n) is 4.12. The van der Waals surface area contributed by atoms with Gasteiger partial charge in [0.15, 0.2) is 5.60 Å². The van der Waals surface area contributed by atoms with Crippen LogP contribution >= 0.6 is 11.3 Å². The average Bonchev–Trinajstić information content (AvgIpc) is 3.34. The summed E-state index contributed by atoms with van der Waals surface area (Å²) in [5.74, 6) is -0.264. The van der Waals surface area contributed by atoms with Crippen LogP contribution in [0, 0.1) is 0 Å². The Hall–Kier alpha value is -2.96. The number of ether oxygens (including phenoxy) is 1. The number of hydrogen-bond donors (Lipinski definition) is 1. The van der Waals surface area contributed by atoms with E-state index in [0.717, 1.165) is 16.7 Å². The molecule has 166 valence electrons. The van der Waals surface area contributed by atoms with E-state index >= 15 is 0 Å². The molecular formula is C26H28N2O3S. The van der Waals surface area contributed by atoms with Gasteiger partial charge in [-0.15, -0.1) is 0 Å². The van der Waals surface area contributed by atoms with E-state index in [4.69, 9.17) is 4.74 Å². The number of benzene rings is 2. The van der Waals surface area contributed by atoms with E-state index in [2.05, 4.69) is 22.8 Å². The Kier molecular flexibility index (Phi) is 6.72. The molecule has 1 aliphatic rings. The summed E-state index contributed by atoms with van der Waals surface area (Å²) in [4.78, 5) is 28.4. The molecule has 1 aliphatic heterocycles. The van der Waals surface area contributed by atoms with E-state index in [-0.39, 0.29) is 24.4 Å². The molecule has 1 saturated heterocycles. The van der Waals surface area contributed by atoms with Gasteiger partial charge in [-0.3, -0.25) is 9.59 Å². The van der Waals surface area contributed by atoms with Crippen molar-refractivity contribution in [3.05, 3.63) is 82.6 Å². The molecule has 1 N–H and O–H groups in total. The second kappa shape index (κ2) is 9.67. The Morgan fingerprint density at radius 3 is 2.56 bits per heavy atom. The summed E-state index contributed by atoms with van der Waals surface area (Å²) in [6.07, 6.45) is 0.385. The minimum atomic E-state index is -1.15. The van der Waals surface area contributed by atoms with Crippen molar-refractivity contribution < 1.29 is 14.3 Å². The van der Waals surface area contributed by atoms with Gasteiger partial charge < -0.3 is 15.0 Å². The van der Waals surface area contributed by atoms with Gasteiger partial charge in [-0.1, -0.05) is 42.5 Å². The number of carbonyl (C=O) groups excluding carboxylic acids is 2. The van der Waals surface area contributed by atoms with Crippen LogP contribution < -0.4 is 5.32 Å². The third kappa shape index (κ3) is 4.76. The summed E-state index contributed by atoms with van der Waals surface area (Å²) in [5.41, 5.74) is 2.70. The minimum Gasteiger partial charge on any atom is -0.361 e. The topological polar surface area (TPSA) is 58.6 Å². The van der Waals surface area contributed by atoms with E-state index < -0.39 is 5.60 Å². The van der Waals surface area contributed by atoms with Gasteiger partial charge in [0.05, 0.1) is 13.2 Å². The number of thiophene rings is 1. The molecule has 4 rings (SSSR count). The van der Waals surface area contributed by atoms with Crippen molar-refractivity contribution in [1.82, 2.24) is 10.2 Å². The summed E-state index contributed by atoms with van der Waals surface area (Å²) in [5, 5.41) is 7.18. The zero-order valence-corrected chi connectivity index (χ0v) is 19.2. The number of amides is 2. The first kappa shape index (κ1) is 22.2. The third-order valence-electron chi connectivity index (χ3n) is 5.65. The molecule has 2 amide bonds. The monoisotopic (exact) mass is 448 g/mol. The zero-order valence-electron chi connectivity index (χ0n) is 18.4. The van der Waals surface area contributed by atoms with Gasteiger partial charge in [-0.05, 0) is 59.5 Å². The van der Waals surface area contributed by atoms with Crippen molar-refractivity contribution in [1.29, 1.82) is 0 Å². The van der Waals surface area contributed by atoms with Crippen LogP contribution in [0.4, 0.5) is 0 Å². The van der Waals surface area contributed by atoms with Crippen molar-refractivity contribution >= 4 is 23.2 Å². The summed E-state index contributed by atoms with van der Waals surface area (Å²) in [6.45, 7) is 4.83. The number of carbonyl (C=O) groups is 2. The van der Waals surface area contributed by atoms with Crippen molar-refractivity contribution in [2.45, 2.75) is 31.9 Å². The largest absolute Gasteiger partial charge is 0.361 e. The zero-order chi connectivity index (χ0) is 22.6. The van der Waals surface area contributed by atoms with Gasteiger partial charge in [-0.25, -0.2) is 0 Å². The Bertz CT molecular complexity index is 1070. The summed E-state index contributed by atoms with van der Waals surface area (Å²) in [7, 11) is 0. The molecule has 2 heterocycles. The SMILES string of the molecule is CC(C)NC(=O)C1(Cc2ccccc2-c2ccsc2)CN(C(=O)c2ccccc2)CCO1. The maximum Gasteiger partial charge on any atom is 0.254 e. The molecule has 0 spiro atoms. The molecule has 2 aromatic carbocycles. The van der Waals surface area contributed by atoms with Gasteiger partial charge in [0, 0.05) is 24.6 Å². The number of hydrogen-bond acceptors (Lipinski definition) is 4. The quantitative estimate of drug-likeness (QED) is 0.608. The summed E-state index contributed by atoms with van der Waals surface area (Å²) < 4.78 is 6.22. The van der Waals surface area contributed by atoms with Crippen LogP contribution in [0.15, 0.2) is 71.4 Å². The van der Waals surface area contributed by atoms with Gasteiger partial charge in [0.25, 0.3) is 11.8 Å². The van der Waals surface area contributed by atoms with E-state index in [1.165, 1.54) is 0 Å². The lowest BCUT2D eigenvalue weighted by atomic mass is 9.87. The number of nitrogens with one attached hydrogen (secondary N) is 1. The molecule has 0 aliphatic carbocycles. The maximum absolute atomic E-state index is 13.5. The van der Waals surface area contributed by atoms with Crippen LogP contribution in [-0.4, -0.2) is 48.1 Å². The van der Waals surface area contributed by atoms with E-state index in [9.17, 15) is 9.59 Å². The van der Waals surface area contributed by atoms with Crippen LogP contribution in [0.2, 0.25) is 0 Å². The molecule has 3 aromatic rings. The molecule has 32 heavy (non-hydrogen) atoms. The molecule has 0 bridgehead atoms. The minimum absolute atomic E-state index is 0.0321. The van der Waals surface area contributed by atoms with Gasteiger partial charge in [-0.2, -0.15) is 11.3 Å². The van der Waals surface area contributed by atoms with Gasteiger partial charge in [0.2, 0.25) is 0 Å². The van der Waals surface area contributed by atoms with Crippen molar-refractivity contribution in [2.75, 3.05) is 19.7 Å². The fraction of sp³-hybridized carbons (Fsp3) is 0.308. The Balaban J connectivity index is 1.68. The van der Waals surface area contributed by atoms with Crippen LogP contribution in [-0.2, 0) is 16.0 Å². The van der Waals surface area contributed by atoms with Crippen LogP contribution in [0.5, 0.6) is 0 Å². The highest BCUT2D eigenvalue weighted by Gasteiger charge is 2.45. The van der Waals surface area contributed by atoms with Gasteiger partial charge >= 0.3 is 0 Å². The van der Waals surface area contributed by atoms with Crippen LogP contribution in [0.25, 0.3) is 11.1 Å². The number of rotatable bonds is 6. The number of morpholine rings is 1. The smallest absolute Gasteiger partial charge is 0.254 e. The standard InChI is InChI=1S/C26H28N2O3S/c1-19(2)27-25(30)26(16-21-10-6-7-11-23(21)22-12-15-32-17-22)18-28(13-14-31-26)24(29)20-8-4-3-5-9-20/h3-12,15,17,19H,13-14,16,18H2,1-2H3,(H,27,30). The molecule has 5 nitrogen and oxygen atoms in total. The number of nitrogens with zero attached hydrogens (tertiary/aromatic N) is 1. The predicted molar refractivity (Wildman–Crippen MR) is 128 cm³/mol. The van der Waals surface area contributed by atoms with Crippen molar-refractivity contribution in [2.24, 2.45) is 0 Å². The molecule has 1 fully saturated rings. The Labute approximate surface area is 193 Å². The second-order valence-electron chi connectivity index (χ2n) is 8.41. The lowest BCUT2D eigenvalue weighted by Crippen LogP contribution is -2.62. The fourth-order valence-corrected chi connectivity index (χ4v) is 4.78. The van der Waals surface area contributed by atoms with Crippen molar-refractivity contribution in [3.63, 3.8) is 0 Å². The summed E-state index contributed by atoms with van der Waals surface area (Å²) in [6, 6.07) is 19.3. The molecule has 0 radical (unpaired) electrons. The maximum atomic E-state index is 13.5. The Morgan fingerprint density at radius 2 is 1.84 bits per heavy atom. The molecular weight excluding hydrogens is 420 g/mol. The van der Waals surface area contributed by atoms with Crippen LogP contribution in [0.3, 0.4) is 0 Å². The van der Waals surface area contributed by atoms with E-state index in [0.29, 0.717) is 25.1 Å². The first-order chi connectivity index (χ1) is 15.5. The van der Waals surface area contributed by atoms with E-state index in [1.54, 1.807) is 28.4 Å². The predicted octanol–water partition coefficient (Wildman–Crippen LogP) is 4.39. The molecule has 1 aromatic heterocycles. The second-order valence-corrected chi connectivity index (χ2v) is 9.19. The highest BCUT2D eigenvalue weighted by Crippen LogP contribution is 2.32. The average molecular weight is 449 g/mol. The molecule has 1 atom stereocenters. The van der Waals surface area contributed by atoms with Gasteiger partial charge in [0.1, 0.15) is 0 Å². The highest BCUT2D eigenvalue weighted by molar-refractivity contribution is 7.08. The third-order valence-corrected chi connectivity index (χ3v) is 6.34. The first-order valence-electron chi connectivity index (χ1n) is 10.9. The van der Waals surface area contributed by atoms with Crippen molar-refractivity contribution in [3.8, 4) is 11.1 Å². The summed E-state index contributed by atoms with van der Waals surface area (Å²) >= 11 is 1.64. The van der Waals surface area contributed by atoms with Crippen LogP contribution in [0.1, 0.15) is 29.8 Å². The molecule has 0 saturated carbocycles. The molecule has 1 unspecified atom stereocenters. The lowest BCUT2D eigenvalue weighted by Gasteiger charge is -2.42. The lowest BCUT2D eigenvalue weighted by molar-refractivity contribution is -0.157. The normalized spacial score (nSPS) is 18.5. The highest BCUT2D eigenvalue weighted by atomic mass is 32.1.